The molecule has 1 aromatic heterocycles. The molecule has 150 valence electrons. The van der Waals surface area contributed by atoms with Crippen LogP contribution in [-0.4, -0.2) is 38.6 Å². The van der Waals surface area contributed by atoms with Crippen molar-refractivity contribution in [2.45, 2.75) is 71.4 Å². The van der Waals surface area contributed by atoms with E-state index >= 15 is 0 Å². The summed E-state index contributed by atoms with van der Waals surface area (Å²) in [7, 11) is -1.82. The van der Waals surface area contributed by atoms with Gasteiger partial charge in [-0.2, -0.15) is 0 Å². The van der Waals surface area contributed by atoms with Gasteiger partial charge in [-0.05, 0) is 38.9 Å². The molecule has 4 nitrogen and oxygen atoms in total. The minimum Gasteiger partial charge on any atom is -0.409 e. The van der Waals surface area contributed by atoms with E-state index in [-0.39, 0.29) is 11.7 Å². The maximum absolute atomic E-state index is 6.72. The first-order valence-corrected chi connectivity index (χ1v) is 12.8. The van der Waals surface area contributed by atoms with Crippen molar-refractivity contribution in [3.8, 4) is 0 Å². The third-order valence-corrected chi connectivity index (χ3v) is 9.93. The Morgan fingerprint density at radius 1 is 1.08 bits per heavy atom. The third kappa shape index (κ3) is 7.45. The van der Waals surface area contributed by atoms with Crippen molar-refractivity contribution in [2.75, 3.05) is 19.7 Å². The molecular formula is C19H34Cl2N2O2Si. The summed E-state index contributed by atoms with van der Waals surface area (Å²) in [5.74, 6) is 0. The molecular weight excluding hydrogens is 387 g/mol. The van der Waals surface area contributed by atoms with Gasteiger partial charge in [-0.25, -0.2) is 0 Å². The molecule has 0 fully saturated rings. The van der Waals surface area contributed by atoms with E-state index in [9.17, 15) is 0 Å². The molecule has 1 atom stereocenters. The van der Waals surface area contributed by atoms with Gasteiger partial charge >= 0.3 is 0 Å². The van der Waals surface area contributed by atoms with Gasteiger partial charge in [0.2, 0.25) is 0 Å². The first-order valence-electron chi connectivity index (χ1n) is 9.49. The monoisotopic (exact) mass is 420 g/mol. The molecule has 0 saturated carbocycles. The minimum absolute atomic E-state index is 0.135. The number of ether oxygens (including phenoxy) is 1. The van der Waals surface area contributed by atoms with Crippen LogP contribution in [0.15, 0.2) is 12.4 Å². The van der Waals surface area contributed by atoms with Crippen LogP contribution in [0.4, 0.5) is 0 Å². The van der Waals surface area contributed by atoms with Crippen LogP contribution in [0.5, 0.6) is 0 Å². The number of hydrogen-bond donors (Lipinski definition) is 1. The number of halogens is 2. The zero-order valence-corrected chi connectivity index (χ0v) is 19.5. The molecule has 0 amide bonds. The van der Waals surface area contributed by atoms with E-state index in [1.165, 1.54) is 0 Å². The summed E-state index contributed by atoms with van der Waals surface area (Å²) in [6.45, 7) is 14.9. The van der Waals surface area contributed by atoms with Crippen molar-refractivity contribution in [2.24, 2.45) is 0 Å². The molecule has 0 aliphatic rings. The number of nitrogens with one attached hydrogen (secondary N) is 1. The van der Waals surface area contributed by atoms with Crippen molar-refractivity contribution in [1.29, 1.82) is 0 Å². The van der Waals surface area contributed by atoms with Gasteiger partial charge in [0.25, 0.3) is 0 Å². The summed E-state index contributed by atoms with van der Waals surface area (Å²) in [6, 6.07) is 3.22. The summed E-state index contributed by atoms with van der Waals surface area (Å²) < 4.78 is 12.5. The highest BCUT2D eigenvalue weighted by molar-refractivity contribution is 6.73. The van der Waals surface area contributed by atoms with Gasteiger partial charge in [0.1, 0.15) is 0 Å². The Morgan fingerprint density at radius 2 is 1.62 bits per heavy atom. The molecule has 26 heavy (non-hydrogen) atoms. The first kappa shape index (κ1) is 23.9. The second-order valence-corrected chi connectivity index (χ2v) is 13.1. The van der Waals surface area contributed by atoms with Crippen LogP contribution < -0.4 is 5.32 Å². The maximum atomic E-state index is 6.72. The van der Waals surface area contributed by atoms with Gasteiger partial charge in [0.05, 0.1) is 28.4 Å². The molecule has 0 bridgehead atoms. The zero-order valence-electron chi connectivity index (χ0n) is 17.0. The third-order valence-electron chi connectivity index (χ3n) is 4.68. The number of pyridine rings is 1. The van der Waals surface area contributed by atoms with E-state index in [2.05, 4.69) is 51.8 Å². The fourth-order valence-electron chi connectivity index (χ4n) is 2.90. The van der Waals surface area contributed by atoms with Gasteiger partial charge in [0, 0.05) is 31.0 Å². The van der Waals surface area contributed by atoms with Crippen molar-refractivity contribution in [1.82, 2.24) is 10.3 Å². The molecule has 1 rings (SSSR count). The molecule has 1 heterocycles. The Balaban J connectivity index is 2.89. The van der Waals surface area contributed by atoms with Gasteiger partial charge < -0.3 is 14.5 Å². The first-order chi connectivity index (χ1) is 12.2. The highest BCUT2D eigenvalue weighted by Gasteiger charge is 2.34. The predicted molar refractivity (Wildman–Crippen MR) is 114 cm³/mol. The van der Waals surface area contributed by atoms with E-state index in [4.69, 9.17) is 32.4 Å². The van der Waals surface area contributed by atoms with E-state index in [0.717, 1.165) is 30.2 Å². The summed E-state index contributed by atoms with van der Waals surface area (Å²) >= 11 is 12.8. The average molecular weight is 421 g/mol. The van der Waals surface area contributed by atoms with Crippen molar-refractivity contribution >= 4 is 31.5 Å². The van der Waals surface area contributed by atoms with Crippen LogP contribution >= 0.6 is 23.2 Å². The van der Waals surface area contributed by atoms with Crippen LogP contribution in [-0.2, 0) is 9.16 Å². The van der Waals surface area contributed by atoms with Gasteiger partial charge in [-0.3, -0.25) is 4.98 Å². The number of hydrogen-bond acceptors (Lipinski definition) is 4. The topological polar surface area (TPSA) is 43.4 Å². The van der Waals surface area contributed by atoms with Crippen molar-refractivity contribution in [3.05, 3.63) is 28.0 Å². The molecule has 0 spiro atoms. The Hall–Kier alpha value is -0.173. The average Bonchev–Trinajstić information content (AvgIpc) is 2.57. The minimum atomic E-state index is -1.82. The van der Waals surface area contributed by atoms with Crippen LogP contribution in [0.2, 0.25) is 28.2 Å². The number of aromatic nitrogens is 1. The van der Waals surface area contributed by atoms with Crippen LogP contribution in [0, 0.1) is 0 Å². The molecule has 1 aromatic rings. The molecule has 1 unspecified atom stereocenters. The molecule has 0 aliphatic carbocycles. The standard InChI is InChI=1S/C19H34Cl2N2O2Si/c1-7-26(8-2,9-3)25-17(14-22-10-11-24-19(4,5)6)18-15(20)12-23-13-16(18)21/h12-13,17,22H,7-11,14H2,1-6H3. The molecule has 0 aromatic carbocycles. The zero-order chi connectivity index (χ0) is 19.8. The molecule has 0 radical (unpaired) electrons. The van der Waals surface area contributed by atoms with E-state index in [0.29, 0.717) is 23.2 Å². The lowest BCUT2D eigenvalue weighted by molar-refractivity contribution is -0.00147. The smallest absolute Gasteiger partial charge is 0.192 e. The second kappa shape index (κ2) is 11.0. The molecule has 1 N–H and O–H groups in total. The van der Waals surface area contributed by atoms with Crippen LogP contribution in [0.25, 0.3) is 0 Å². The highest BCUT2D eigenvalue weighted by atomic mass is 35.5. The normalized spacial score (nSPS) is 13.8. The van der Waals surface area contributed by atoms with E-state index in [1.807, 2.05) is 0 Å². The van der Waals surface area contributed by atoms with Gasteiger partial charge in [0.15, 0.2) is 8.32 Å². The summed E-state index contributed by atoms with van der Waals surface area (Å²) in [4.78, 5) is 4.07. The SMILES string of the molecule is CC[Si](CC)(CC)OC(CNCCOC(C)(C)C)c1c(Cl)cncc1Cl. The largest absolute Gasteiger partial charge is 0.409 e. The fraction of sp³-hybridized carbons (Fsp3) is 0.737. The number of rotatable bonds is 11. The van der Waals surface area contributed by atoms with Gasteiger partial charge in [-0.15, -0.1) is 0 Å². The Labute approximate surface area is 170 Å². The highest BCUT2D eigenvalue weighted by Crippen LogP contribution is 2.36. The fourth-order valence-corrected chi connectivity index (χ4v) is 6.31. The Bertz CT molecular complexity index is 520. The quantitative estimate of drug-likeness (QED) is 0.359. The molecule has 0 aliphatic heterocycles. The summed E-state index contributed by atoms with van der Waals surface area (Å²) in [5, 5.41) is 4.55. The lowest BCUT2D eigenvalue weighted by Crippen LogP contribution is -2.40. The molecule has 0 saturated heterocycles. The Morgan fingerprint density at radius 3 is 2.08 bits per heavy atom. The predicted octanol–water partition coefficient (Wildman–Crippen LogP) is 5.86. The number of nitrogens with zero attached hydrogens (tertiary/aromatic N) is 1. The van der Waals surface area contributed by atoms with Crippen molar-refractivity contribution < 1.29 is 9.16 Å². The van der Waals surface area contributed by atoms with E-state index < -0.39 is 8.32 Å². The van der Waals surface area contributed by atoms with E-state index in [1.54, 1.807) is 12.4 Å². The lowest BCUT2D eigenvalue weighted by atomic mass is 10.1. The van der Waals surface area contributed by atoms with Crippen LogP contribution in [0.1, 0.15) is 53.2 Å². The summed E-state index contributed by atoms with van der Waals surface area (Å²) in [6.07, 6.45) is 3.09. The second-order valence-electron chi connectivity index (χ2n) is 7.53. The van der Waals surface area contributed by atoms with Gasteiger partial charge in [-0.1, -0.05) is 44.0 Å². The van der Waals surface area contributed by atoms with Crippen molar-refractivity contribution in [3.63, 3.8) is 0 Å². The lowest BCUT2D eigenvalue weighted by Gasteiger charge is -2.34. The summed E-state index contributed by atoms with van der Waals surface area (Å²) in [5.41, 5.74) is 0.698. The van der Waals surface area contributed by atoms with Crippen LogP contribution in [0.3, 0.4) is 0 Å². The Kier molecular flexibility index (Phi) is 10.1. The maximum Gasteiger partial charge on any atom is 0.192 e. The molecule has 7 heteroatoms.